The molecule has 1 heterocycles. The van der Waals surface area contributed by atoms with Crippen LogP contribution in [-0.2, 0) is 17.8 Å². The lowest BCUT2D eigenvalue weighted by molar-refractivity contribution is -0.139. The van der Waals surface area contributed by atoms with Crippen molar-refractivity contribution in [3.63, 3.8) is 0 Å². The number of hydrogen-bond acceptors (Lipinski definition) is 3. The van der Waals surface area contributed by atoms with Crippen LogP contribution in [0.15, 0.2) is 54.7 Å². The summed E-state index contributed by atoms with van der Waals surface area (Å²) in [5.41, 5.74) is 3.00. The molecule has 0 saturated carbocycles. The number of aromatic nitrogens is 1. The van der Waals surface area contributed by atoms with Crippen LogP contribution in [0.1, 0.15) is 11.1 Å². The molecule has 5 heteroatoms. The quantitative estimate of drug-likeness (QED) is 0.625. The van der Waals surface area contributed by atoms with E-state index >= 15 is 0 Å². The fourth-order valence-corrected chi connectivity index (χ4v) is 2.79. The first-order valence-corrected chi connectivity index (χ1v) is 7.81. The molecular weight excluding hydrogens is 304 g/mol. The Morgan fingerprint density at radius 3 is 2.88 bits per heavy atom. The van der Waals surface area contributed by atoms with E-state index in [0.29, 0.717) is 13.0 Å². The van der Waals surface area contributed by atoms with Crippen molar-refractivity contribution in [1.82, 2.24) is 10.3 Å². The highest BCUT2D eigenvalue weighted by Gasteiger charge is 2.19. The summed E-state index contributed by atoms with van der Waals surface area (Å²) < 4.78 is 5.19. The van der Waals surface area contributed by atoms with Gasteiger partial charge in [-0.1, -0.05) is 30.3 Å². The molecule has 0 radical (unpaired) electrons. The second-order valence-electron chi connectivity index (χ2n) is 5.69. The third-order valence-electron chi connectivity index (χ3n) is 4.08. The Hall–Kier alpha value is -2.79. The zero-order chi connectivity index (χ0) is 16.9. The number of carbonyl (C=O) groups is 1. The van der Waals surface area contributed by atoms with Crippen LogP contribution < -0.4 is 10.1 Å². The molecule has 0 saturated heterocycles. The number of carboxylic acids is 1. The van der Waals surface area contributed by atoms with E-state index in [4.69, 9.17) is 4.74 Å². The van der Waals surface area contributed by atoms with Crippen LogP contribution in [0.5, 0.6) is 5.75 Å². The maximum Gasteiger partial charge on any atom is 0.321 e. The third kappa shape index (κ3) is 3.58. The minimum absolute atomic E-state index is 0.420. The standard InChI is InChI=1S/C19H20N2O3/c1-24-15-6-4-5-13(9-15)11-20-18(19(22)23)10-14-12-21-17-8-3-2-7-16(14)17/h2-9,12,18,20-21H,10-11H2,1H3,(H,22,23)/t18-/m1/s1. The van der Waals surface area contributed by atoms with Crippen LogP contribution in [0.2, 0.25) is 0 Å². The van der Waals surface area contributed by atoms with Crippen molar-refractivity contribution in [2.45, 2.75) is 19.0 Å². The zero-order valence-corrected chi connectivity index (χ0v) is 13.5. The maximum atomic E-state index is 11.6. The van der Waals surface area contributed by atoms with Crippen molar-refractivity contribution < 1.29 is 14.6 Å². The molecule has 1 aromatic heterocycles. The van der Waals surface area contributed by atoms with E-state index in [1.165, 1.54) is 0 Å². The van der Waals surface area contributed by atoms with Gasteiger partial charge in [-0.2, -0.15) is 0 Å². The summed E-state index contributed by atoms with van der Waals surface area (Å²) in [6, 6.07) is 14.8. The van der Waals surface area contributed by atoms with E-state index in [1.54, 1.807) is 7.11 Å². The number of benzene rings is 2. The number of hydrogen-bond donors (Lipinski definition) is 3. The topological polar surface area (TPSA) is 74.3 Å². The number of aromatic amines is 1. The Morgan fingerprint density at radius 2 is 2.08 bits per heavy atom. The summed E-state index contributed by atoms with van der Waals surface area (Å²) in [4.78, 5) is 14.8. The van der Waals surface area contributed by atoms with Crippen LogP contribution in [0.4, 0.5) is 0 Å². The molecule has 0 spiro atoms. The number of carboxylic acid groups (broad SMARTS) is 1. The van der Waals surface area contributed by atoms with E-state index in [0.717, 1.165) is 27.8 Å². The summed E-state index contributed by atoms with van der Waals surface area (Å²) in [6.45, 7) is 0.469. The van der Waals surface area contributed by atoms with Gasteiger partial charge >= 0.3 is 5.97 Å². The average Bonchev–Trinajstić information content (AvgIpc) is 3.01. The van der Waals surface area contributed by atoms with E-state index in [9.17, 15) is 9.90 Å². The molecule has 2 aromatic carbocycles. The molecule has 0 aliphatic rings. The predicted octanol–water partition coefficient (Wildman–Crippen LogP) is 2.96. The number of para-hydroxylation sites is 1. The van der Waals surface area contributed by atoms with Crippen LogP contribution in [0.3, 0.4) is 0 Å². The first-order chi connectivity index (χ1) is 11.7. The van der Waals surface area contributed by atoms with Gasteiger partial charge in [0.1, 0.15) is 11.8 Å². The largest absolute Gasteiger partial charge is 0.497 e. The smallest absolute Gasteiger partial charge is 0.321 e. The van der Waals surface area contributed by atoms with Crippen molar-refractivity contribution >= 4 is 16.9 Å². The van der Waals surface area contributed by atoms with Gasteiger partial charge in [0.15, 0.2) is 0 Å². The van der Waals surface area contributed by atoms with Gasteiger partial charge in [0, 0.05) is 30.1 Å². The number of ether oxygens (including phenoxy) is 1. The lowest BCUT2D eigenvalue weighted by Gasteiger charge is -2.14. The predicted molar refractivity (Wildman–Crippen MR) is 93.3 cm³/mol. The van der Waals surface area contributed by atoms with Crippen molar-refractivity contribution in [3.05, 3.63) is 65.9 Å². The van der Waals surface area contributed by atoms with Crippen molar-refractivity contribution in [1.29, 1.82) is 0 Å². The molecule has 0 aliphatic carbocycles. The van der Waals surface area contributed by atoms with Gasteiger partial charge in [0.2, 0.25) is 0 Å². The fraction of sp³-hybridized carbons (Fsp3) is 0.211. The molecule has 0 fully saturated rings. The van der Waals surface area contributed by atoms with E-state index in [1.807, 2.05) is 54.7 Å². The maximum absolute atomic E-state index is 11.6. The molecule has 124 valence electrons. The normalized spacial score (nSPS) is 12.2. The number of H-pyrrole nitrogens is 1. The number of aliphatic carboxylic acids is 1. The summed E-state index contributed by atoms with van der Waals surface area (Å²) in [6.07, 6.45) is 2.30. The summed E-state index contributed by atoms with van der Waals surface area (Å²) >= 11 is 0. The minimum Gasteiger partial charge on any atom is -0.497 e. The second kappa shape index (κ2) is 7.19. The molecular formula is C19H20N2O3. The van der Waals surface area contributed by atoms with Crippen LogP contribution in [0.25, 0.3) is 10.9 Å². The van der Waals surface area contributed by atoms with Crippen molar-refractivity contribution in [3.8, 4) is 5.75 Å². The number of methoxy groups -OCH3 is 1. The fourth-order valence-electron chi connectivity index (χ4n) is 2.79. The zero-order valence-electron chi connectivity index (χ0n) is 13.5. The molecule has 3 N–H and O–H groups in total. The highest BCUT2D eigenvalue weighted by molar-refractivity contribution is 5.84. The van der Waals surface area contributed by atoms with Gasteiger partial charge in [-0.3, -0.25) is 4.79 Å². The minimum atomic E-state index is -0.858. The summed E-state index contributed by atoms with van der Waals surface area (Å²) in [5.74, 6) is -0.0963. The highest BCUT2D eigenvalue weighted by atomic mass is 16.5. The van der Waals surface area contributed by atoms with E-state index in [-0.39, 0.29) is 0 Å². The lowest BCUT2D eigenvalue weighted by Crippen LogP contribution is -2.38. The molecule has 0 amide bonds. The van der Waals surface area contributed by atoms with Crippen LogP contribution in [-0.4, -0.2) is 29.2 Å². The molecule has 0 aliphatic heterocycles. The van der Waals surface area contributed by atoms with Gasteiger partial charge in [-0.25, -0.2) is 0 Å². The Kier molecular flexibility index (Phi) is 4.82. The Balaban J connectivity index is 1.72. The first-order valence-electron chi connectivity index (χ1n) is 7.81. The van der Waals surface area contributed by atoms with Gasteiger partial charge < -0.3 is 20.1 Å². The van der Waals surface area contributed by atoms with Crippen LogP contribution in [0, 0.1) is 0 Å². The van der Waals surface area contributed by atoms with Gasteiger partial charge in [-0.15, -0.1) is 0 Å². The first kappa shape index (κ1) is 16.1. The van der Waals surface area contributed by atoms with Crippen molar-refractivity contribution in [2.24, 2.45) is 0 Å². The summed E-state index contributed by atoms with van der Waals surface area (Å²) in [7, 11) is 1.61. The molecule has 3 rings (SSSR count). The molecule has 24 heavy (non-hydrogen) atoms. The SMILES string of the molecule is COc1cccc(CN[C@H](Cc2c[nH]c3ccccc23)C(=O)O)c1. The molecule has 1 atom stereocenters. The molecule has 3 aromatic rings. The number of nitrogens with one attached hydrogen (secondary N) is 2. The van der Waals surface area contributed by atoms with E-state index in [2.05, 4.69) is 10.3 Å². The van der Waals surface area contributed by atoms with Crippen molar-refractivity contribution in [2.75, 3.05) is 7.11 Å². The Labute approximate surface area is 140 Å². The van der Waals surface area contributed by atoms with Gasteiger partial charge in [0.25, 0.3) is 0 Å². The molecule has 0 unspecified atom stereocenters. The number of rotatable bonds is 7. The molecule has 0 bridgehead atoms. The third-order valence-corrected chi connectivity index (χ3v) is 4.08. The Morgan fingerprint density at radius 1 is 1.25 bits per heavy atom. The summed E-state index contributed by atoms with van der Waals surface area (Å²) in [5, 5.41) is 13.7. The molecule has 5 nitrogen and oxygen atoms in total. The lowest BCUT2D eigenvalue weighted by atomic mass is 10.0. The number of fused-ring (bicyclic) bond motifs is 1. The van der Waals surface area contributed by atoms with E-state index < -0.39 is 12.0 Å². The van der Waals surface area contributed by atoms with Crippen LogP contribution >= 0.6 is 0 Å². The Bertz CT molecular complexity index is 841. The van der Waals surface area contributed by atoms with Gasteiger partial charge in [0.05, 0.1) is 7.11 Å². The highest BCUT2D eigenvalue weighted by Crippen LogP contribution is 2.19. The van der Waals surface area contributed by atoms with Gasteiger partial charge in [-0.05, 0) is 29.3 Å². The second-order valence-corrected chi connectivity index (χ2v) is 5.69. The monoisotopic (exact) mass is 324 g/mol. The average molecular weight is 324 g/mol.